The molecule has 1 heterocycles. The molecule has 0 unspecified atom stereocenters. The molecule has 0 radical (unpaired) electrons. The summed E-state index contributed by atoms with van der Waals surface area (Å²) in [6.45, 7) is 1.62. The number of amidine groups is 1. The molecule has 1 aromatic rings. The van der Waals surface area contributed by atoms with E-state index in [9.17, 15) is 18.0 Å². The number of likely N-dealkylation sites (N-methyl/N-ethyl adjacent to an activating group) is 1. The molecule has 2 rings (SSSR count). The van der Waals surface area contributed by atoms with Gasteiger partial charge >= 0.3 is 6.18 Å². The Balaban J connectivity index is 2.48. The van der Waals surface area contributed by atoms with Gasteiger partial charge < -0.3 is 0 Å². The zero-order valence-corrected chi connectivity index (χ0v) is 10.3. The molecule has 0 fully saturated rings. The number of aliphatic imine (C=N–C) groups is 1. The fraction of sp³-hybridized carbons (Fsp3) is 0.231. The van der Waals surface area contributed by atoms with E-state index in [2.05, 4.69) is 4.99 Å². The number of nitrogens with zero attached hydrogens (tertiary/aromatic N) is 2. The van der Waals surface area contributed by atoms with E-state index in [1.807, 2.05) is 0 Å². The number of hydrogen-bond donors (Lipinski definition) is 0. The molecule has 1 aliphatic rings. The number of amides is 1. The quantitative estimate of drug-likeness (QED) is 0.721. The van der Waals surface area contributed by atoms with Crippen LogP contribution in [0.1, 0.15) is 18.1 Å². The maximum atomic E-state index is 12.8. The Morgan fingerprint density at radius 2 is 1.89 bits per heavy atom. The van der Waals surface area contributed by atoms with Crippen LogP contribution in [-0.2, 0) is 11.0 Å². The molecule has 0 bridgehead atoms. The smallest absolute Gasteiger partial charge is 0.298 e. The second kappa shape index (κ2) is 4.53. The summed E-state index contributed by atoms with van der Waals surface area (Å²) in [6, 6.07) is 5.08. The van der Waals surface area contributed by atoms with Crippen LogP contribution in [0.25, 0.3) is 6.08 Å². The molecular formula is C13H11F3N2O. The standard InChI is InChI=1S/C13H11F3N2O/c1-8-17-11(12(19)18(8)2)7-9-5-3-4-6-10(9)13(14,15)16/h3-7H,1-2H3/b11-7-. The minimum Gasteiger partial charge on any atom is -0.298 e. The second-order valence-corrected chi connectivity index (χ2v) is 4.14. The van der Waals surface area contributed by atoms with Crippen LogP contribution < -0.4 is 0 Å². The normalized spacial score (nSPS) is 18.2. The Hall–Kier alpha value is -2.11. The minimum atomic E-state index is -4.46. The van der Waals surface area contributed by atoms with Crippen molar-refractivity contribution in [3.8, 4) is 0 Å². The largest absolute Gasteiger partial charge is 0.416 e. The lowest BCUT2D eigenvalue weighted by atomic mass is 10.1. The number of carbonyl (C=O) groups excluding carboxylic acids is 1. The van der Waals surface area contributed by atoms with Crippen LogP contribution in [-0.4, -0.2) is 23.7 Å². The number of benzene rings is 1. The first-order chi connectivity index (χ1) is 8.80. The lowest BCUT2D eigenvalue weighted by Gasteiger charge is -2.10. The van der Waals surface area contributed by atoms with Crippen LogP contribution in [0.15, 0.2) is 35.0 Å². The maximum Gasteiger partial charge on any atom is 0.416 e. The Labute approximate surface area is 108 Å². The first-order valence-corrected chi connectivity index (χ1v) is 5.52. The summed E-state index contributed by atoms with van der Waals surface area (Å²) < 4.78 is 38.4. The van der Waals surface area contributed by atoms with Crippen molar-refractivity contribution < 1.29 is 18.0 Å². The summed E-state index contributed by atoms with van der Waals surface area (Å²) in [7, 11) is 1.53. The zero-order valence-electron chi connectivity index (χ0n) is 10.3. The number of hydrogen-bond acceptors (Lipinski definition) is 2. The van der Waals surface area contributed by atoms with Crippen LogP contribution in [0.3, 0.4) is 0 Å². The zero-order chi connectivity index (χ0) is 14.2. The maximum absolute atomic E-state index is 12.8. The van der Waals surface area contributed by atoms with Crippen molar-refractivity contribution in [2.24, 2.45) is 4.99 Å². The molecule has 100 valence electrons. The van der Waals surface area contributed by atoms with Gasteiger partial charge in [-0.15, -0.1) is 0 Å². The minimum absolute atomic E-state index is 0.0108. The first kappa shape index (κ1) is 13.3. The third-order valence-corrected chi connectivity index (χ3v) is 2.85. The molecule has 3 nitrogen and oxygen atoms in total. The van der Waals surface area contributed by atoms with Crippen LogP contribution in [0.2, 0.25) is 0 Å². The first-order valence-electron chi connectivity index (χ1n) is 5.52. The summed E-state index contributed by atoms with van der Waals surface area (Å²) >= 11 is 0. The van der Waals surface area contributed by atoms with E-state index in [1.54, 1.807) is 6.92 Å². The van der Waals surface area contributed by atoms with E-state index in [0.29, 0.717) is 5.84 Å². The summed E-state index contributed by atoms with van der Waals surface area (Å²) in [6.07, 6.45) is -3.29. The summed E-state index contributed by atoms with van der Waals surface area (Å²) in [5.74, 6) is 0.0511. The van der Waals surface area contributed by atoms with Gasteiger partial charge in [0.1, 0.15) is 11.5 Å². The van der Waals surface area contributed by atoms with Gasteiger partial charge in [-0.1, -0.05) is 18.2 Å². The van der Waals surface area contributed by atoms with E-state index in [-0.39, 0.29) is 11.3 Å². The van der Waals surface area contributed by atoms with Crippen molar-refractivity contribution >= 4 is 17.8 Å². The monoisotopic (exact) mass is 268 g/mol. The highest BCUT2D eigenvalue weighted by molar-refractivity contribution is 6.13. The average Bonchev–Trinajstić information content (AvgIpc) is 2.56. The Morgan fingerprint density at radius 1 is 1.26 bits per heavy atom. The van der Waals surface area contributed by atoms with Gasteiger partial charge in [-0.2, -0.15) is 13.2 Å². The highest BCUT2D eigenvalue weighted by atomic mass is 19.4. The molecule has 0 saturated carbocycles. The summed E-state index contributed by atoms with van der Waals surface area (Å²) in [5.41, 5.74) is -0.834. The topological polar surface area (TPSA) is 32.7 Å². The van der Waals surface area contributed by atoms with Crippen molar-refractivity contribution in [2.75, 3.05) is 7.05 Å². The van der Waals surface area contributed by atoms with E-state index < -0.39 is 17.6 Å². The molecule has 1 aliphatic heterocycles. The van der Waals surface area contributed by atoms with Crippen LogP contribution >= 0.6 is 0 Å². The Morgan fingerprint density at radius 3 is 2.42 bits per heavy atom. The van der Waals surface area contributed by atoms with Gasteiger partial charge in [0.15, 0.2) is 0 Å². The molecule has 0 aromatic heterocycles. The number of rotatable bonds is 1. The van der Waals surface area contributed by atoms with Crippen molar-refractivity contribution in [1.82, 2.24) is 4.90 Å². The molecule has 0 spiro atoms. The van der Waals surface area contributed by atoms with Crippen molar-refractivity contribution in [1.29, 1.82) is 0 Å². The number of alkyl halides is 3. The van der Waals surface area contributed by atoms with Crippen molar-refractivity contribution in [2.45, 2.75) is 13.1 Å². The second-order valence-electron chi connectivity index (χ2n) is 4.14. The molecule has 0 saturated heterocycles. The Bertz CT molecular complexity index is 588. The molecule has 0 N–H and O–H groups in total. The molecule has 19 heavy (non-hydrogen) atoms. The fourth-order valence-corrected chi connectivity index (χ4v) is 1.74. The summed E-state index contributed by atoms with van der Waals surface area (Å²) in [4.78, 5) is 17.0. The van der Waals surface area contributed by atoms with Gasteiger partial charge in [0.25, 0.3) is 5.91 Å². The van der Waals surface area contributed by atoms with Crippen LogP contribution in [0.5, 0.6) is 0 Å². The van der Waals surface area contributed by atoms with Crippen molar-refractivity contribution in [3.63, 3.8) is 0 Å². The average molecular weight is 268 g/mol. The van der Waals surface area contributed by atoms with E-state index >= 15 is 0 Å². The van der Waals surface area contributed by atoms with E-state index in [0.717, 1.165) is 12.1 Å². The third kappa shape index (κ3) is 2.52. The van der Waals surface area contributed by atoms with Gasteiger partial charge in [-0.3, -0.25) is 9.69 Å². The van der Waals surface area contributed by atoms with Gasteiger partial charge in [0.2, 0.25) is 0 Å². The number of halogens is 3. The van der Waals surface area contributed by atoms with Crippen LogP contribution in [0, 0.1) is 0 Å². The number of carbonyl (C=O) groups is 1. The van der Waals surface area contributed by atoms with Crippen LogP contribution in [0.4, 0.5) is 13.2 Å². The van der Waals surface area contributed by atoms with Gasteiger partial charge in [0.05, 0.1) is 5.56 Å². The Kier molecular flexibility index (Phi) is 3.18. The van der Waals surface area contributed by atoms with E-state index in [4.69, 9.17) is 0 Å². The molecule has 0 atom stereocenters. The molecule has 1 amide bonds. The van der Waals surface area contributed by atoms with Gasteiger partial charge in [-0.05, 0) is 24.6 Å². The van der Waals surface area contributed by atoms with E-state index in [1.165, 1.54) is 30.1 Å². The van der Waals surface area contributed by atoms with Gasteiger partial charge in [-0.25, -0.2) is 4.99 Å². The molecule has 0 aliphatic carbocycles. The predicted molar refractivity (Wildman–Crippen MR) is 65.3 cm³/mol. The third-order valence-electron chi connectivity index (χ3n) is 2.85. The lowest BCUT2D eigenvalue weighted by Crippen LogP contribution is -2.25. The highest BCUT2D eigenvalue weighted by Gasteiger charge is 2.33. The molecular weight excluding hydrogens is 257 g/mol. The summed E-state index contributed by atoms with van der Waals surface area (Å²) in [5, 5.41) is 0. The predicted octanol–water partition coefficient (Wildman–Crippen LogP) is 2.94. The fourth-order valence-electron chi connectivity index (χ4n) is 1.74. The lowest BCUT2D eigenvalue weighted by molar-refractivity contribution is -0.137. The van der Waals surface area contributed by atoms with Crippen molar-refractivity contribution in [3.05, 3.63) is 41.1 Å². The van der Waals surface area contributed by atoms with Gasteiger partial charge in [0, 0.05) is 7.05 Å². The SMILES string of the molecule is CC1=N/C(=C\c2ccccc2C(F)(F)F)C(=O)N1C. The molecule has 6 heteroatoms. The highest BCUT2D eigenvalue weighted by Crippen LogP contribution is 2.33. The molecule has 1 aromatic carbocycles.